The van der Waals surface area contributed by atoms with Crippen molar-refractivity contribution in [3.8, 4) is 0 Å². The average molecular weight is 114 g/mol. The molecule has 1 aliphatic heterocycles. The summed E-state index contributed by atoms with van der Waals surface area (Å²) in [5, 5.41) is 1.87. The second-order valence-corrected chi connectivity index (χ2v) is 1.86. The van der Waals surface area contributed by atoms with Crippen LogP contribution in [-0.4, -0.2) is 24.7 Å². The predicted molar refractivity (Wildman–Crippen MR) is 30.8 cm³/mol. The Morgan fingerprint density at radius 1 is 2.00 bits per heavy atom. The number of rotatable bonds is 1. The molecule has 1 rings (SSSR count). The van der Waals surface area contributed by atoms with Gasteiger partial charge in [0.25, 0.3) is 0 Å². The van der Waals surface area contributed by atoms with Crippen molar-refractivity contribution in [2.45, 2.75) is 6.10 Å². The molecule has 0 aromatic heterocycles. The lowest BCUT2D eigenvalue weighted by molar-refractivity contribution is 0.00285. The van der Waals surface area contributed by atoms with Gasteiger partial charge in [-0.2, -0.15) is 0 Å². The number of nitrogens with zero attached hydrogens (tertiary/aromatic N) is 1. The summed E-state index contributed by atoms with van der Waals surface area (Å²) in [5.74, 6) is 0. The lowest BCUT2D eigenvalue weighted by Crippen LogP contribution is -2.24. The molecule has 0 amide bonds. The van der Waals surface area contributed by atoms with E-state index in [4.69, 9.17) is 4.84 Å². The van der Waals surface area contributed by atoms with Crippen LogP contribution in [0.25, 0.3) is 0 Å². The molecule has 1 fully saturated rings. The van der Waals surface area contributed by atoms with Gasteiger partial charge in [0, 0.05) is 13.6 Å². The molecule has 0 spiro atoms. The van der Waals surface area contributed by atoms with Crippen molar-refractivity contribution in [2.75, 3.05) is 13.6 Å². The molecule has 1 atom stereocenters. The van der Waals surface area contributed by atoms with Gasteiger partial charge in [0.15, 0.2) is 0 Å². The Morgan fingerprint density at radius 3 is 3.00 bits per heavy atom. The van der Waals surface area contributed by atoms with E-state index in [1.165, 1.54) is 0 Å². The van der Waals surface area contributed by atoms with E-state index in [1.54, 1.807) is 6.08 Å². The maximum absolute atomic E-state index is 4.97. The predicted octanol–water partition coefficient (Wildman–Crippen LogP) is -0.0774. The molecule has 3 heteroatoms. The minimum absolute atomic E-state index is 0.153. The Morgan fingerprint density at radius 2 is 2.75 bits per heavy atom. The fraction of sp³-hybridized carbons (Fsp3) is 0.600. The Labute approximate surface area is 48.9 Å². The van der Waals surface area contributed by atoms with Crippen molar-refractivity contribution in [2.24, 2.45) is 0 Å². The molecule has 8 heavy (non-hydrogen) atoms. The molecule has 46 valence electrons. The highest BCUT2D eigenvalue weighted by molar-refractivity contribution is 4.82. The van der Waals surface area contributed by atoms with Crippen molar-refractivity contribution in [3.63, 3.8) is 0 Å². The fourth-order valence-electron chi connectivity index (χ4n) is 0.625. The molecule has 0 radical (unpaired) electrons. The minimum Gasteiger partial charge on any atom is -0.278 e. The molecular formula is C5H10N2O. The van der Waals surface area contributed by atoms with Crippen molar-refractivity contribution < 1.29 is 4.84 Å². The van der Waals surface area contributed by atoms with Crippen molar-refractivity contribution in [1.29, 1.82) is 0 Å². The summed E-state index contributed by atoms with van der Waals surface area (Å²) in [6.45, 7) is 4.46. The van der Waals surface area contributed by atoms with Gasteiger partial charge in [-0.05, 0) is 0 Å². The van der Waals surface area contributed by atoms with Crippen LogP contribution in [-0.2, 0) is 4.84 Å². The largest absolute Gasteiger partial charge is 0.278 e. The van der Waals surface area contributed by atoms with Crippen molar-refractivity contribution in [1.82, 2.24) is 10.6 Å². The van der Waals surface area contributed by atoms with Crippen LogP contribution in [0.4, 0.5) is 0 Å². The van der Waals surface area contributed by atoms with Gasteiger partial charge in [-0.25, -0.2) is 5.01 Å². The Kier molecular flexibility index (Phi) is 1.62. The van der Waals surface area contributed by atoms with Crippen LogP contribution in [0.5, 0.6) is 0 Å². The summed E-state index contributed by atoms with van der Waals surface area (Å²) in [6, 6.07) is 0. The quantitative estimate of drug-likeness (QED) is 0.483. The van der Waals surface area contributed by atoms with E-state index in [0.29, 0.717) is 0 Å². The summed E-state index contributed by atoms with van der Waals surface area (Å²) in [6.07, 6.45) is 1.93. The van der Waals surface area contributed by atoms with Gasteiger partial charge in [-0.15, -0.1) is 12.2 Å². The number of hydrogen-bond acceptors (Lipinski definition) is 3. The van der Waals surface area contributed by atoms with Gasteiger partial charge in [-0.3, -0.25) is 4.84 Å². The summed E-state index contributed by atoms with van der Waals surface area (Å²) < 4.78 is 0. The molecule has 0 aromatic carbocycles. The van der Waals surface area contributed by atoms with Gasteiger partial charge in [0.1, 0.15) is 6.10 Å². The number of likely N-dealkylation sites (N-methyl/N-ethyl adjacent to an activating group) is 1. The van der Waals surface area contributed by atoms with Gasteiger partial charge in [0.05, 0.1) is 0 Å². The van der Waals surface area contributed by atoms with Crippen LogP contribution in [0.15, 0.2) is 12.7 Å². The lowest BCUT2D eigenvalue weighted by Gasteiger charge is -2.00. The zero-order valence-electron chi connectivity index (χ0n) is 4.92. The highest BCUT2D eigenvalue weighted by Crippen LogP contribution is 1.99. The van der Waals surface area contributed by atoms with E-state index < -0.39 is 0 Å². The second kappa shape index (κ2) is 2.26. The van der Waals surface area contributed by atoms with Crippen molar-refractivity contribution >= 4 is 0 Å². The molecule has 0 bridgehead atoms. The highest BCUT2D eigenvalue weighted by atomic mass is 16.7. The van der Waals surface area contributed by atoms with Crippen LogP contribution < -0.4 is 5.59 Å². The SMILES string of the molecule is C=CC1CN(C)NO1. The van der Waals surface area contributed by atoms with Gasteiger partial charge >= 0.3 is 0 Å². The molecule has 0 saturated carbocycles. The maximum atomic E-state index is 4.97. The van der Waals surface area contributed by atoms with Gasteiger partial charge in [0.2, 0.25) is 0 Å². The number of hydrogen-bond donors (Lipinski definition) is 1. The molecule has 1 saturated heterocycles. The third-order valence-corrected chi connectivity index (χ3v) is 1.08. The van der Waals surface area contributed by atoms with E-state index in [1.807, 2.05) is 12.1 Å². The van der Waals surface area contributed by atoms with E-state index in [9.17, 15) is 0 Å². The standard InChI is InChI=1S/C5H10N2O/c1-3-5-4-7(2)6-8-5/h3,5-6H,1,4H2,2H3. The summed E-state index contributed by atoms with van der Waals surface area (Å²) in [7, 11) is 1.92. The van der Waals surface area contributed by atoms with Crippen LogP contribution in [0.1, 0.15) is 0 Å². The summed E-state index contributed by atoms with van der Waals surface area (Å²) >= 11 is 0. The Bertz CT molecular complexity index is 94.4. The first-order valence-electron chi connectivity index (χ1n) is 2.58. The third kappa shape index (κ3) is 1.06. The first-order chi connectivity index (χ1) is 3.83. The average Bonchev–Trinajstić information content (AvgIpc) is 2.14. The Hall–Kier alpha value is -0.380. The van der Waals surface area contributed by atoms with Crippen LogP contribution in [0, 0.1) is 0 Å². The van der Waals surface area contributed by atoms with Crippen LogP contribution in [0.3, 0.4) is 0 Å². The first-order valence-corrected chi connectivity index (χ1v) is 2.58. The molecule has 1 unspecified atom stereocenters. The third-order valence-electron chi connectivity index (χ3n) is 1.08. The van der Waals surface area contributed by atoms with E-state index >= 15 is 0 Å². The maximum Gasteiger partial charge on any atom is 0.113 e. The highest BCUT2D eigenvalue weighted by Gasteiger charge is 2.15. The zero-order valence-corrected chi connectivity index (χ0v) is 4.92. The van der Waals surface area contributed by atoms with E-state index in [0.717, 1.165) is 6.54 Å². The lowest BCUT2D eigenvalue weighted by atomic mass is 10.3. The molecule has 0 aromatic rings. The van der Waals surface area contributed by atoms with Gasteiger partial charge in [-0.1, -0.05) is 6.08 Å². The minimum atomic E-state index is 0.153. The Balaban J connectivity index is 2.32. The van der Waals surface area contributed by atoms with Gasteiger partial charge < -0.3 is 0 Å². The molecule has 3 nitrogen and oxygen atoms in total. The summed E-state index contributed by atoms with van der Waals surface area (Å²) in [4.78, 5) is 4.97. The topological polar surface area (TPSA) is 24.5 Å². The fourth-order valence-corrected chi connectivity index (χ4v) is 0.625. The van der Waals surface area contributed by atoms with E-state index in [-0.39, 0.29) is 6.10 Å². The van der Waals surface area contributed by atoms with Crippen LogP contribution >= 0.6 is 0 Å². The first kappa shape index (κ1) is 5.75. The number of hydrazine groups is 1. The van der Waals surface area contributed by atoms with Crippen LogP contribution in [0.2, 0.25) is 0 Å². The van der Waals surface area contributed by atoms with Crippen molar-refractivity contribution in [3.05, 3.63) is 12.7 Å². The smallest absolute Gasteiger partial charge is 0.113 e. The molecule has 1 heterocycles. The molecular weight excluding hydrogens is 104 g/mol. The zero-order chi connectivity index (χ0) is 5.98. The molecule has 0 aliphatic carbocycles. The van der Waals surface area contributed by atoms with E-state index in [2.05, 4.69) is 12.2 Å². The monoisotopic (exact) mass is 114 g/mol. The second-order valence-electron chi connectivity index (χ2n) is 1.86. The normalized spacial score (nSPS) is 30.9. The summed E-state index contributed by atoms with van der Waals surface area (Å²) in [5.41, 5.74) is 2.68. The molecule has 1 aliphatic rings. The molecule has 1 N–H and O–H groups in total. The number of nitrogens with one attached hydrogen (secondary N) is 1.